The zero-order valence-corrected chi connectivity index (χ0v) is 17.7. The molecule has 2 fully saturated rings. The summed E-state index contributed by atoms with van der Waals surface area (Å²) in [4.78, 5) is 0. The quantitative estimate of drug-likeness (QED) is 0.362. The molecule has 2 aromatic rings. The van der Waals surface area contributed by atoms with E-state index in [4.69, 9.17) is 9.77 Å². The van der Waals surface area contributed by atoms with Crippen LogP contribution in [-0.2, 0) is 23.1 Å². The standard InChI is InChI=1S/C17H19BrFN5O4S/c18-12-3-10(1-2-13(12)19)4-14(21-25)16-15(22-28-23-16)5-11-6-17(7-11)8-24(9-17)29(20,26)27/h1-3,11,25H,4-9H2,(H2,20,26,27). The van der Waals surface area contributed by atoms with Crippen molar-refractivity contribution in [1.29, 1.82) is 0 Å². The Hall–Kier alpha value is -1.89. The van der Waals surface area contributed by atoms with Gasteiger partial charge in [-0.15, -0.1) is 0 Å². The molecule has 0 bridgehead atoms. The molecular formula is C17H19BrFN5O4S. The summed E-state index contributed by atoms with van der Waals surface area (Å²) in [6, 6.07) is 4.53. The summed E-state index contributed by atoms with van der Waals surface area (Å²) >= 11 is 3.14. The first-order valence-electron chi connectivity index (χ1n) is 8.94. The molecule has 1 aromatic heterocycles. The highest BCUT2D eigenvalue weighted by Gasteiger charge is 2.54. The molecule has 2 aliphatic rings. The van der Waals surface area contributed by atoms with Gasteiger partial charge in [0.25, 0.3) is 10.2 Å². The van der Waals surface area contributed by atoms with Gasteiger partial charge in [0.2, 0.25) is 0 Å². The summed E-state index contributed by atoms with van der Waals surface area (Å²) in [7, 11) is -3.61. The molecular weight excluding hydrogens is 469 g/mol. The number of nitrogens with two attached hydrogens (primary N) is 1. The second-order valence-corrected chi connectivity index (χ2v) is 10.2. The predicted molar refractivity (Wildman–Crippen MR) is 104 cm³/mol. The van der Waals surface area contributed by atoms with Gasteiger partial charge < -0.3 is 5.21 Å². The van der Waals surface area contributed by atoms with E-state index in [9.17, 15) is 18.0 Å². The molecule has 1 aliphatic heterocycles. The number of nitrogens with zero attached hydrogens (tertiary/aromatic N) is 4. The highest BCUT2D eigenvalue weighted by atomic mass is 79.9. The Morgan fingerprint density at radius 3 is 2.76 bits per heavy atom. The van der Waals surface area contributed by atoms with E-state index in [-0.39, 0.29) is 23.4 Å². The number of benzene rings is 1. The molecule has 29 heavy (non-hydrogen) atoms. The third kappa shape index (κ3) is 4.06. The van der Waals surface area contributed by atoms with Gasteiger partial charge in [0.05, 0.1) is 4.47 Å². The highest BCUT2D eigenvalue weighted by molar-refractivity contribution is 9.10. The Balaban J connectivity index is 1.39. The number of aromatic nitrogens is 2. The van der Waals surface area contributed by atoms with Crippen LogP contribution in [0.1, 0.15) is 29.8 Å². The number of hydrogen-bond acceptors (Lipinski definition) is 7. The van der Waals surface area contributed by atoms with Gasteiger partial charge in [-0.3, -0.25) is 0 Å². The van der Waals surface area contributed by atoms with Crippen LogP contribution in [0.15, 0.2) is 32.5 Å². The molecule has 0 atom stereocenters. The molecule has 3 N–H and O–H groups in total. The Bertz CT molecular complexity index is 1060. The van der Waals surface area contributed by atoms with Crippen molar-refractivity contribution in [1.82, 2.24) is 14.6 Å². The van der Waals surface area contributed by atoms with E-state index in [1.165, 1.54) is 10.4 Å². The number of oxime groups is 1. The van der Waals surface area contributed by atoms with Crippen molar-refractivity contribution in [2.75, 3.05) is 13.1 Å². The lowest BCUT2D eigenvalue weighted by atomic mass is 9.57. The third-order valence-electron chi connectivity index (χ3n) is 5.61. The second-order valence-electron chi connectivity index (χ2n) is 7.82. The number of rotatable bonds is 6. The Labute approximate surface area is 175 Å². The van der Waals surface area contributed by atoms with E-state index < -0.39 is 10.2 Å². The topological polar surface area (TPSA) is 135 Å². The van der Waals surface area contributed by atoms with Crippen LogP contribution in [0.25, 0.3) is 0 Å². The van der Waals surface area contributed by atoms with E-state index >= 15 is 0 Å². The largest absolute Gasteiger partial charge is 0.411 e. The van der Waals surface area contributed by atoms with Crippen LogP contribution in [0, 0.1) is 17.2 Å². The second kappa shape index (κ2) is 7.42. The van der Waals surface area contributed by atoms with Gasteiger partial charge in [-0.25, -0.2) is 14.2 Å². The molecule has 1 aromatic carbocycles. The predicted octanol–water partition coefficient (Wildman–Crippen LogP) is 1.85. The number of hydrogen-bond donors (Lipinski definition) is 2. The van der Waals surface area contributed by atoms with Crippen LogP contribution < -0.4 is 5.14 Å². The van der Waals surface area contributed by atoms with Gasteiger partial charge >= 0.3 is 0 Å². The van der Waals surface area contributed by atoms with Gasteiger partial charge in [-0.1, -0.05) is 16.4 Å². The molecule has 1 spiro atoms. The van der Waals surface area contributed by atoms with Gasteiger partial charge in [0.15, 0.2) is 5.69 Å². The summed E-state index contributed by atoms with van der Waals surface area (Å²) in [6.45, 7) is 0.907. The lowest BCUT2D eigenvalue weighted by molar-refractivity contribution is -0.0526. The van der Waals surface area contributed by atoms with Crippen molar-refractivity contribution in [2.24, 2.45) is 21.6 Å². The van der Waals surface area contributed by atoms with E-state index in [0.29, 0.717) is 41.3 Å². The Kier molecular flexibility index (Phi) is 5.21. The van der Waals surface area contributed by atoms with Crippen LogP contribution >= 0.6 is 15.9 Å². The van der Waals surface area contributed by atoms with Gasteiger partial charge in [0.1, 0.15) is 17.2 Å². The van der Waals surface area contributed by atoms with Crippen LogP contribution in [0.2, 0.25) is 0 Å². The minimum absolute atomic E-state index is 0.00270. The average Bonchev–Trinajstić information content (AvgIpc) is 3.03. The summed E-state index contributed by atoms with van der Waals surface area (Å²) in [5.74, 6) is -0.0703. The lowest BCUT2D eigenvalue weighted by Crippen LogP contribution is -2.64. The molecule has 1 saturated carbocycles. The van der Waals surface area contributed by atoms with Crippen molar-refractivity contribution < 1.29 is 22.6 Å². The summed E-state index contributed by atoms with van der Waals surface area (Å²) in [5.41, 5.74) is 1.97. The van der Waals surface area contributed by atoms with E-state index in [0.717, 1.165) is 18.4 Å². The molecule has 9 nitrogen and oxygen atoms in total. The average molecular weight is 488 g/mol. The van der Waals surface area contributed by atoms with Gasteiger partial charge in [-0.2, -0.15) is 12.7 Å². The van der Waals surface area contributed by atoms with E-state index in [2.05, 4.69) is 31.4 Å². The molecule has 4 rings (SSSR count). The lowest BCUT2D eigenvalue weighted by Gasteiger charge is -2.58. The minimum Gasteiger partial charge on any atom is -0.411 e. The van der Waals surface area contributed by atoms with Gasteiger partial charge in [-0.05, 0) is 69.4 Å². The van der Waals surface area contributed by atoms with E-state index in [1.54, 1.807) is 12.1 Å². The molecule has 1 saturated heterocycles. The fourth-order valence-electron chi connectivity index (χ4n) is 4.29. The maximum atomic E-state index is 13.4. The van der Waals surface area contributed by atoms with Crippen molar-refractivity contribution in [3.05, 3.63) is 45.4 Å². The summed E-state index contributed by atoms with van der Waals surface area (Å²) in [6.07, 6.45) is 2.54. The first kappa shape index (κ1) is 20.4. The van der Waals surface area contributed by atoms with Crippen LogP contribution in [-0.4, -0.2) is 47.0 Å². The minimum atomic E-state index is -3.61. The summed E-state index contributed by atoms with van der Waals surface area (Å²) < 4.78 is 42.6. The van der Waals surface area contributed by atoms with Gasteiger partial charge in [0, 0.05) is 19.5 Å². The first-order chi connectivity index (χ1) is 13.7. The Morgan fingerprint density at radius 2 is 2.14 bits per heavy atom. The monoisotopic (exact) mass is 487 g/mol. The van der Waals surface area contributed by atoms with Crippen molar-refractivity contribution >= 4 is 31.9 Å². The molecule has 156 valence electrons. The molecule has 0 unspecified atom stereocenters. The normalized spacial score (nSPS) is 19.9. The van der Waals surface area contributed by atoms with Crippen LogP contribution in [0.4, 0.5) is 4.39 Å². The first-order valence-corrected chi connectivity index (χ1v) is 11.2. The maximum Gasteiger partial charge on any atom is 0.276 e. The molecule has 1 aliphatic carbocycles. The summed E-state index contributed by atoms with van der Waals surface area (Å²) in [5, 5.41) is 25.8. The smallest absolute Gasteiger partial charge is 0.276 e. The molecule has 2 heterocycles. The van der Waals surface area contributed by atoms with Crippen molar-refractivity contribution in [3.63, 3.8) is 0 Å². The van der Waals surface area contributed by atoms with E-state index in [1.807, 2.05) is 0 Å². The molecule has 0 radical (unpaired) electrons. The third-order valence-corrected chi connectivity index (χ3v) is 7.20. The fourth-order valence-corrected chi connectivity index (χ4v) is 5.63. The molecule has 12 heteroatoms. The zero-order valence-electron chi connectivity index (χ0n) is 15.3. The van der Waals surface area contributed by atoms with Crippen molar-refractivity contribution in [3.8, 4) is 0 Å². The maximum absolute atomic E-state index is 13.4. The zero-order chi connectivity index (χ0) is 20.8. The Morgan fingerprint density at radius 1 is 1.41 bits per heavy atom. The SMILES string of the molecule is NS(=O)(=O)N1CC2(CC(Cc3nonc3C(Cc3ccc(F)c(Br)c3)=NO)C2)C1. The number of halogens is 2. The van der Waals surface area contributed by atoms with Crippen LogP contribution in [0.3, 0.4) is 0 Å². The van der Waals surface area contributed by atoms with Crippen molar-refractivity contribution in [2.45, 2.75) is 25.7 Å². The van der Waals surface area contributed by atoms with Crippen LogP contribution in [0.5, 0.6) is 0 Å². The fraction of sp³-hybridized carbons (Fsp3) is 0.471. The molecule has 0 amide bonds. The highest BCUT2D eigenvalue weighted by Crippen LogP contribution is 2.53.